The molecule has 0 aliphatic rings. The van der Waals surface area contributed by atoms with E-state index < -0.39 is 0 Å². The van der Waals surface area contributed by atoms with Crippen LogP contribution in [0.25, 0.3) is 0 Å². The summed E-state index contributed by atoms with van der Waals surface area (Å²) in [5, 5.41) is 10.8. The van der Waals surface area contributed by atoms with Crippen LogP contribution in [0, 0.1) is 10.1 Å². The summed E-state index contributed by atoms with van der Waals surface area (Å²) in [5.74, 6) is 0. The Labute approximate surface area is 126 Å². The first kappa shape index (κ1) is 15.0. The van der Waals surface area contributed by atoms with Gasteiger partial charge in [0.15, 0.2) is 0 Å². The predicted octanol–water partition coefficient (Wildman–Crippen LogP) is 4.33. The third-order valence-electron chi connectivity index (χ3n) is 2.98. The van der Waals surface area contributed by atoms with E-state index in [1.54, 1.807) is 23.5 Å². The minimum absolute atomic E-state index is 0.137. The zero-order valence-corrected chi connectivity index (χ0v) is 12.7. The number of non-ortho nitro benzene ring substituents is 1. The molecule has 2 rings (SSSR count). The third kappa shape index (κ3) is 4.03. The Bertz CT molecular complexity index is 600. The number of nitrogens with zero attached hydrogens (tertiary/aromatic N) is 2. The van der Waals surface area contributed by atoms with Crippen molar-refractivity contribution in [2.45, 2.75) is 20.0 Å². The highest BCUT2D eigenvalue weighted by molar-refractivity contribution is 7.16. The van der Waals surface area contributed by atoms with Crippen molar-refractivity contribution in [3.05, 3.63) is 61.3 Å². The fourth-order valence-electron chi connectivity index (χ4n) is 1.96. The Kier molecular flexibility index (Phi) is 5.11. The van der Waals surface area contributed by atoms with E-state index in [4.69, 9.17) is 11.6 Å². The van der Waals surface area contributed by atoms with Crippen LogP contribution in [0.5, 0.6) is 0 Å². The quantitative estimate of drug-likeness (QED) is 0.589. The number of nitro benzene ring substituents is 1. The first-order valence-corrected chi connectivity index (χ1v) is 7.48. The van der Waals surface area contributed by atoms with Gasteiger partial charge in [0.2, 0.25) is 0 Å². The van der Waals surface area contributed by atoms with Crippen LogP contribution in [0.15, 0.2) is 36.4 Å². The average Bonchev–Trinajstić information content (AvgIpc) is 2.83. The van der Waals surface area contributed by atoms with E-state index in [2.05, 4.69) is 11.8 Å². The summed E-state index contributed by atoms with van der Waals surface area (Å²) in [6, 6.07) is 10.7. The lowest BCUT2D eigenvalue weighted by atomic mass is 10.2. The second-order valence-electron chi connectivity index (χ2n) is 4.44. The summed E-state index contributed by atoms with van der Waals surface area (Å²) in [7, 11) is 0. The summed E-state index contributed by atoms with van der Waals surface area (Å²) in [4.78, 5) is 13.8. The number of hydrogen-bond donors (Lipinski definition) is 0. The van der Waals surface area contributed by atoms with Gasteiger partial charge in [-0.25, -0.2) is 0 Å². The van der Waals surface area contributed by atoms with Gasteiger partial charge >= 0.3 is 0 Å². The number of nitro groups is 1. The van der Waals surface area contributed by atoms with E-state index in [0.717, 1.165) is 23.0 Å². The fourth-order valence-corrected chi connectivity index (χ4v) is 3.09. The van der Waals surface area contributed by atoms with Gasteiger partial charge < -0.3 is 0 Å². The maximum absolute atomic E-state index is 10.8. The highest BCUT2D eigenvalue weighted by Crippen LogP contribution is 2.23. The molecule has 0 unspecified atom stereocenters. The molecule has 0 aliphatic carbocycles. The van der Waals surface area contributed by atoms with Crippen LogP contribution in [0.1, 0.15) is 17.4 Å². The second kappa shape index (κ2) is 6.83. The zero-order valence-electron chi connectivity index (χ0n) is 11.1. The molecule has 0 saturated heterocycles. The smallest absolute Gasteiger partial charge is 0.269 e. The molecule has 20 heavy (non-hydrogen) atoms. The lowest BCUT2D eigenvalue weighted by Crippen LogP contribution is -2.21. The first-order chi connectivity index (χ1) is 9.58. The van der Waals surface area contributed by atoms with Crippen molar-refractivity contribution in [3.8, 4) is 0 Å². The molecule has 2 aromatic rings. The van der Waals surface area contributed by atoms with E-state index in [-0.39, 0.29) is 10.6 Å². The van der Waals surface area contributed by atoms with E-state index in [9.17, 15) is 10.1 Å². The summed E-state index contributed by atoms with van der Waals surface area (Å²) in [6.45, 7) is 4.44. The summed E-state index contributed by atoms with van der Waals surface area (Å²) in [5.41, 5.74) is 1.08. The fraction of sp³-hybridized carbons (Fsp3) is 0.286. The van der Waals surface area contributed by atoms with E-state index >= 15 is 0 Å². The minimum Gasteiger partial charge on any atom is -0.294 e. The molecule has 1 aromatic heterocycles. The molecule has 4 nitrogen and oxygen atoms in total. The third-order valence-corrected chi connectivity index (χ3v) is 4.20. The predicted molar refractivity (Wildman–Crippen MR) is 82.2 cm³/mol. The second-order valence-corrected chi connectivity index (χ2v) is 6.24. The molecular weight excluding hydrogens is 296 g/mol. The molecule has 0 radical (unpaired) electrons. The monoisotopic (exact) mass is 310 g/mol. The van der Waals surface area contributed by atoms with Crippen molar-refractivity contribution in [2.24, 2.45) is 0 Å². The first-order valence-electron chi connectivity index (χ1n) is 6.28. The van der Waals surface area contributed by atoms with Crippen LogP contribution < -0.4 is 0 Å². The Hall–Kier alpha value is -1.43. The van der Waals surface area contributed by atoms with Gasteiger partial charge in [-0.2, -0.15) is 0 Å². The molecule has 0 fully saturated rings. The standard InChI is InChI=1S/C14H15ClN2O2S/c1-2-16(10-13-6-7-14(15)20-13)9-11-4-3-5-12(8-11)17(18)19/h3-8H,2,9-10H2,1H3. The van der Waals surface area contributed by atoms with Crippen LogP contribution >= 0.6 is 22.9 Å². The highest BCUT2D eigenvalue weighted by Gasteiger charge is 2.10. The van der Waals surface area contributed by atoms with E-state index in [1.807, 2.05) is 18.2 Å². The van der Waals surface area contributed by atoms with Gasteiger partial charge in [-0.15, -0.1) is 11.3 Å². The maximum atomic E-state index is 10.8. The van der Waals surface area contributed by atoms with Crippen LogP contribution in [0.3, 0.4) is 0 Å². The topological polar surface area (TPSA) is 46.4 Å². The van der Waals surface area contributed by atoms with E-state index in [0.29, 0.717) is 6.54 Å². The molecule has 0 amide bonds. The summed E-state index contributed by atoms with van der Waals surface area (Å²) >= 11 is 7.49. The molecular formula is C14H15ClN2O2S. The summed E-state index contributed by atoms with van der Waals surface area (Å²) < 4.78 is 0.784. The van der Waals surface area contributed by atoms with Crippen LogP contribution in [-0.2, 0) is 13.1 Å². The normalized spacial score (nSPS) is 10.9. The van der Waals surface area contributed by atoms with Crippen molar-refractivity contribution in [1.29, 1.82) is 0 Å². The lowest BCUT2D eigenvalue weighted by Gasteiger charge is -2.19. The SMILES string of the molecule is CCN(Cc1cccc([N+](=O)[O-])c1)Cc1ccc(Cl)s1. The van der Waals surface area contributed by atoms with Crippen molar-refractivity contribution in [3.63, 3.8) is 0 Å². The van der Waals surface area contributed by atoms with Crippen molar-refractivity contribution < 1.29 is 4.92 Å². The average molecular weight is 311 g/mol. The van der Waals surface area contributed by atoms with Crippen molar-refractivity contribution >= 4 is 28.6 Å². The molecule has 106 valence electrons. The molecule has 0 atom stereocenters. The zero-order chi connectivity index (χ0) is 14.5. The maximum Gasteiger partial charge on any atom is 0.269 e. The highest BCUT2D eigenvalue weighted by atomic mass is 35.5. The number of rotatable bonds is 6. The van der Waals surface area contributed by atoms with Gasteiger partial charge in [-0.3, -0.25) is 15.0 Å². The van der Waals surface area contributed by atoms with Gasteiger partial charge in [-0.1, -0.05) is 30.7 Å². The van der Waals surface area contributed by atoms with Crippen molar-refractivity contribution in [2.75, 3.05) is 6.54 Å². The Balaban J connectivity index is 2.06. The number of halogens is 1. The van der Waals surface area contributed by atoms with Gasteiger partial charge in [0.25, 0.3) is 5.69 Å². The molecule has 0 saturated carbocycles. The largest absolute Gasteiger partial charge is 0.294 e. The van der Waals surface area contributed by atoms with E-state index in [1.165, 1.54) is 10.9 Å². The van der Waals surface area contributed by atoms with Crippen LogP contribution in [-0.4, -0.2) is 16.4 Å². The minimum atomic E-state index is -0.362. The molecule has 1 heterocycles. The van der Waals surface area contributed by atoms with Gasteiger partial charge in [0.05, 0.1) is 9.26 Å². The molecule has 1 aromatic carbocycles. The molecule has 0 aliphatic heterocycles. The lowest BCUT2D eigenvalue weighted by molar-refractivity contribution is -0.384. The number of hydrogen-bond acceptors (Lipinski definition) is 4. The molecule has 6 heteroatoms. The molecule has 0 N–H and O–H groups in total. The van der Waals surface area contributed by atoms with Gasteiger partial charge in [0.1, 0.15) is 0 Å². The Morgan fingerprint density at radius 2 is 2.10 bits per heavy atom. The van der Waals surface area contributed by atoms with Gasteiger partial charge in [0, 0.05) is 30.1 Å². The van der Waals surface area contributed by atoms with Gasteiger partial charge in [-0.05, 0) is 24.2 Å². The molecule has 0 bridgehead atoms. The summed E-state index contributed by atoms with van der Waals surface area (Å²) in [6.07, 6.45) is 0. The number of thiophene rings is 1. The number of benzene rings is 1. The Morgan fingerprint density at radius 1 is 1.30 bits per heavy atom. The van der Waals surface area contributed by atoms with Crippen LogP contribution in [0.4, 0.5) is 5.69 Å². The molecule has 0 spiro atoms. The van der Waals surface area contributed by atoms with Crippen LogP contribution in [0.2, 0.25) is 4.34 Å². The van der Waals surface area contributed by atoms with Crippen molar-refractivity contribution in [1.82, 2.24) is 4.90 Å². The Morgan fingerprint density at radius 3 is 2.70 bits per heavy atom.